The molecule has 1 N–H and O–H groups in total. The van der Waals surface area contributed by atoms with E-state index >= 15 is 0 Å². The van der Waals surface area contributed by atoms with Crippen LogP contribution in [0.4, 0.5) is 0 Å². The van der Waals surface area contributed by atoms with Gasteiger partial charge in [-0.1, -0.05) is 13.3 Å². The summed E-state index contributed by atoms with van der Waals surface area (Å²) in [6.07, 6.45) is 4.53. The van der Waals surface area contributed by atoms with Crippen LogP contribution in [0.5, 0.6) is 0 Å². The lowest BCUT2D eigenvalue weighted by Crippen LogP contribution is -2.46. The van der Waals surface area contributed by atoms with Gasteiger partial charge in [-0.2, -0.15) is 0 Å². The topological polar surface area (TPSA) is 41.6 Å². The summed E-state index contributed by atoms with van der Waals surface area (Å²) in [6, 6.07) is 0. The zero-order chi connectivity index (χ0) is 11.6. The number of carbonyl (C=O) groups is 1. The lowest BCUT2D eigenvalue weighted by molar-refractivity contribution is -0.131. The minimum Gasteiger partial charge on any atom is -0.373 e. The predicted octanol–water partition coefficient (Wildman–Crippen LogP) is 1.11. The summed E-state index contributed by atoms with van der Waals surface area (Å²) in [5.41, 5.74) is -0.117. The Morgan fingerprint density at radius 1 is 1.62 bits per heavy atom. The van der Waals surface area contributed by atoms with Gasteiger partial charge in [-0.05, 0) is 26.2 Å². The van der Waals surface area contributed by atoms with Gasteiger partial charge in [-0.25, -0.2) is 0 Å². The Kier molecular flexibility index (Phi) is 3.50. The standard InChI is InChI=1S/C12H22N2O2/c1-3-5-10-13-8-11(15)14(10)9-12(2)6-4-7-16-12/h10,13H,3-9H2,1-2H3. The number of hydrogen-bond donors (Lipinski definition) is 1. The zero-order valence-corrected chi connectivity index (χ0v) is 10.3. The molecular formula is C12H22N2O2. The molecule has 4 nitrogen and oxygen atoms in total. The van der Waals surface area contributed by atoms with Gasteiger partial charge in [-0.15, -0.1) is 0 Å². The van der Waals surface area contributed by atoms with Crippen molar-refractivity contribution in [3.63, 3.8) is 0 Å². The second kappa shape index (κ2) is 4.72. The van der Waals surface area contributed by atoms with Gasteiger partial charge in [-0.3, -0.25) is 10.1 Å². The first-order valence-electron chi connectivity index (χ1n) is 6.31. The molecule has 0 saturated carbocycles. The van der Waals surface area contributed by atoms with E-state index in [1.54, 1.807) is 0 Å². The number of hydrogen-bond acceptors (Lipinski definition) is 3. The summed E-state index contributed by atoms with van der Waals surface area (Å²) in [6.45, 7) is 6.33. The molecule has 2 fully saturated rings. The molecule has 0 aromatic heterocycles. The number of ether oxygens (including phenoxy) is 1. The van der Waals surface area contributed by atoms with E-state index in [9.17, 15) is 4.79 Å². The number of rotatable bonds is 4. The molecule has 2 aliphatic rings. The number of nitrogens with zero attached hydrogens (tertiary/aromatic N) is 1. The molecule has 4 heteroatoms. The highest BCUT2D eigenvalue weighted by atomic mass is 16.5. The van der Waals surface area contributed by atoms with Crippen molar-refractivity contribution in [2.75, 3.05) is 19.7 Å². The summed E-state index contributed by atoms with van der Waals surface area (Å²) in [4.78, 5) is 13.8. The lowest BCUT2D eigenvalue weighted by atomic mass is 10.0. The highest BCUT2D eigenvalue weighted by Gasteiger charge is 2.38. The van der Waals surface area contributed by atoms with Crippen LogP contribution >= 0.6 is 0 Å². The molecule has 0 bridgehead atoms. The van der Waals surface area contributed by atoms with Gasteiger partial charge in [0, 0.05) is 6.61 Å². The van der Waals surface area contributed by atoms with Crippen molar-refractivity contribution in [2.45, 2.75) is 51.3 Å². The molecule has 2 aliphatic heterocycles. The van der Waals surface area contributed by atoms with Gasteiger partial charge in [0.25, 0.3) is 0 Å². The lowest BCUT2D eigenvalue weighted by Gasteiger charge is -2.32. The van der Waals surface area contributed by atoms with E-state index < -0.39 is 0 Å². The Morgan fingerprint density at radius 2 is 2.44 bits per heavy atom. The molecule has 1 amide bonds. The number of nitrogens with one attached hydrogen (secondary N) is 1. The molecule has 0 aromatic rings. The number of carbonyl (C=O) groups excluding carboxylic acids is 1. The Labute approximate surface area is 97.3 Å². The molecule has 0 aromatic carbocycles. The first-order valence-corrected chi connectivity index (χ1v) is 6.31. The molecule has 2 unspecified atom stereocenters. The molecule has 2 rings (SSSR count). The molecule has 16 heavy (non-hydrogen) atoms. The van der Waals surface area contributed by atoms with Crippen molar-refractivity contribution in [3.05, 3.63) is 0 Å². The van der Waals surface area contributed by atoms with Crippen molar-refractivity contribution < 1.29 is 9.53 Å². The average molecular weight is 226 g/mol. The molecule has 0 spiro atoms. The molecule has 0 aliphatic carbocycles. The van der Waals surface area contributed by atoms with Gasteiger partial charge in [0.05, 0.1) is 24.9 Å². The predicted molar refractivity (Wildman–Crippen MR) is 62.0 cm³/mol. The van der Waals surface area contributed by atoms with E-state index in [0.29, 0.717) is 6.54 Å². The Balaban J connectivity index is 1.97. The maximum absolute atomic E-state index is 11.8. The van der Waals surface area contributed by atoms with Crippen molar-refractivity contribution in [1.82, 2.24) is 10.2 Å². The van der Waals surface area contributed by atoms with Gasteiger partial charge in [0.1, 0.15) is 0 Å². The second-order valence-corrected chi connectivity index (χ2v) is 5.11. The second-order valence-electron chi connectivity index (χ2n) is 5.11. The van der Waals surface area contributed by atoms with E-state index in [2.05, 4.69) is 19.2 Å². The van der Waals surface area contributed by atoms with Crippen LogP contribution in [0.15, 0.2) is 0 Å². The maximum Gasteiger partial charge on any atom is 0.237 e. The van der Waals surface area contributed by atoms with E-state index in [0.717, 1.165) is 38.8 Å². The van der Waals surface area contributed by atoms with Gasteiger partial charge in [0.2, 0.25) is 5.91 Å². The molecule has 2 saturated heterocycles. The maximum atomic E-state index is 11.8. The highest BCUT2D eigenvalue weighted by Crippen LogP contribution is 2.27. The van der Waals surface area contributed by atoms with Crippen molar-refractivity contribution >= 4 is 5.91 Å². The van der Waals surface area contributed by atoms with E-state index in [1.165, 1.54) is 0 Å². The van der Waals surface area contributed by atoms with E-state index in [1.807, 2.05) is 4.90 Å². The first kappa shape index (κ1) is 11.9. The normalized spacial score (nSPS) is 35.0. The summed E-state index contributed by atoms with van der Waals surface area (Å²) >= 11 is 0. The molecule has 0 radical (unpaired) electrons. The minimum atomic E-state index is -0.117. The first-order chi connectivity index (χ1) is 7.64. The zero-order valence-electron chi connectivity index (χ0n) is 10.3. The van der Waals surface area contributed by atoms with Crippen LogP contribution in [0.1, 0.15) is 39.5 Å². The largest absolute Gasteiger partial charge is 0.373 e. The third kappa shape index (κ3) is 2.38. The van der Waals surface area contributed by atoms with Crippen LogP contribution in [0.3, 0.4) is 0 Å². The molecule has 2 atom stereocenters. The summed E-state index contributed by atoms with van der Waals surface area (Å²) in [7, 11) is 0. The molecule has 2 heterocycles. The van der Waals surface area contributed by atoms with Crippen LogP contribution < -0.4 is 5.32 Å². The van der Waals surface area contributed by atoms with Crippen molar-refractivity contribution in [3.8, 4) is 0 Å². The SMILES string of the molecule is CCCC1NCC(=O)N1CC1(C)CCCO1. The van der Waals surface area contributed by atoms with Crippen LogP contribution in [0.25, 0.3) is 0 Å². The average Bonchev–Trinajstić information content (AvgIpc) is 2.80. The van der Waals surface area contributed by atoms with E-state index in [4.69, 9.17) is 4.74 Å². The molecule has 92 valence electrons. The monoisotopic (exact) mass is 226 g/mol. The number of amides is 1. The Morgan fingerprint density at radius 3 is 3.06 bits per heavy atom. The minimum absolute atomic E-state index is 0.117. The smallest absolute Gasteiger partial charge is 0.237 e. The third-order valence-corrected chi connectivity index (χ3v) is 3.55. The van der Waals surface area contributed by atoms with Gasteiger partial charge in [0.15, 0.2) is 0 Å². The third-order valence-electron chi connectivity index (χ3n) is 3.55. The Bertz CT molecular complexity index is 262. The van der Waals surface area contributed by atoms with Crippen LogP contribution in [-0.2, 0) is 9.53 Å². The summed E-state index contributed by atoms with van der Waals surface area (Å²) < 4.78 is 5.76. The van der Waals surface area contributed by atoms with Crippen LogP contribution in [-0.4, -0.2) is 42.3 Å². The van der Waals surface area contributed by atoms with Crippen molar-refractivity contribution in [2.24, 2.45) is 0 Å². The molecular weight excluding hydrogens is 204 g/mol. The Hall–Kier alpha value is -0.610. The van der Waals surface area contributed by atoms with E-state index in [-0.39, 0.29) is 17.7 Å². The van der Waals surface area contributed by atoms with Crippen molar-refractivity contribution in [1.29, 1.82) is 0 Å². The van der Waals surface area contributed by atoms with Crippen LogP contribution in [0.2, 0.25) is 0 Å². The van der Waals surface area contributed by atoms with Crippen LogP contribution in [0, 0.1) is 0 Å². The quantitative estimate of drug-likeness (QED) is 0.781. The fraction of sp³-hybridized carbons (Fsp3) is 0.917. The fourth-order valence-electron chi connectivity index (χ4n) is 2.64. The van der Waals surface area contributed by atoms with Gasteiger partial charge >= 0.3 is 0 Å². The summed E-state index contributed by atoms with van der Waals surface area (Å²) in [5, 5.41) is 3.27. The highest BCUT2D eigenvalue weighted by molar-refractivity contribution is 5.80. The fourth-order valence-corrected chi connectivity index (χ4v) is 2.64. The summed E-state index contributed by atoms with van der Waals surface area (Å²) in [5.74, 6) is 0.218. The van der Waals surface area contributed by atoms with Gasteiger partial charge < -0.3 is 9.64 Å².